The molecule has 4 saturated carbocycles. The lowest BCUT2D eigenvalue weighted by atomic mass is 9.54. The largest absolute Gasteiger partial charge is 0.408 e. The Bertz CT molecular complexity index is 1090. The lowest BCUT2D eigenvalue weighted by Gasteiger charge is -2.59. The van der Waals surface area contributed by atoms with E-state index in [1.807, 2.05) is 0 Å². The fourth-order valence-corrected chi connectivity index (χ4v) is 23.2. The molecule has 274 valence electrons. The third-order valence-electron chi connectivity index (χ3n) is 13.5. The van der Waals surface area contributed by atoms with Crippen LogP contribution in [0.15, 0.2) is 30.3 Å². The predicted molar refractivity (Wildman–Crippen MR) is 203 cm³/mol. The molecule has 1 aromatic rings. The summed E-state index contributed by atoms with van der Waals surface area (Å²) in [5.74, 6) is 2.38. The van der Waals surface area contributed by atoms with Crippen LogP contribution < -0.4 is 0 Å². The fourth-order valence-electron chi connectivity index (χ4n) is 12.0. The normalized spacial score (nSPS) is 34.1. The van der Waals surface area contributed by atoms with Gasteiger partial charge in [-0.3, -0.25) is 0 Å². The number of hydrogen-bond donors (Lipinski definition) is 0. The van der Waals surface area contributed by atoms with Gasteiger partial charge in [0.2, 0.25) is 16.6 Å². The van der Waals surface area contributed by atoms with Crippen LogP contribution in [0.1, 0.15) is 134 Å². The van der Waals surface area contributed by atoms with Crippen molar-refractivity contribution < 1.29 is 23.1 Å². The molecular weight excluding hydrogens is 629 g/mol. The molecule has 0 radical (unpaired) electrons. The van der Waals surface area contributed by atoms with Crippen LogP contribution in [0.3, 0.4) is 0 Å². The lowest BCUT2D eigenvalue weighted by molar-refractivity contribution is -0.341. The Morgan fingerprint density at radius 1 is 0.625 bits per heavy atom. The molecule has 6 rings (SSSR count). The quantitative estimate of drug-likeness (QED) is 0.170. The minimum Gasteiger partial charge on any atom is -0.408 e. The first-order chi connectivity index (χ1) is 22.5. The number of ether oxygens (including phenoxy) is 3. The molecule has 1 heterocycles. The maximum Gasteiger partial charge on any atom is 0.201 e. The molecule has 5 atom stereocenters. The first-order valence-electron chi connectivity index (χ1n) is 19.9. The molecule has 1 saturated heterocycles. The van der Waals surface area contributed by atoms with Crippen molar-refractivity contribution in [2.24, 2.45) is 17.8 Å². The van der Waals surface area contributed by atoms with Gasteiger partial charge in [0.1, 0.15) is 12.2 Å². The number of rotatable bonds is 15. The Morgan fingerprint density at radius 2 is 1.04 bits per heavy atom. The van der Waals surface area contributed by atoms with E-state index in [-0.39, 0.29) is 30.0 Å². The van der Waals surface area contributed by atoms with E-state index in [0.717, 1.165) is 42.6 Å². The Balaban J connectivity index is 1.60. The number of hydrogen-bond acceptors (Lipinski definition) is 5. The van der Waals surface area contributed by atoms with Crippen molar-refractivity contribution in [1.82, 2.24) is 0 Å². The molecule has 1 aromatic carbocycles. The highest BCUT2D eigenvalue weighted by atomic mass is 28.4. The minimum absolute atomic E-state index is 0.110. The Morgan fingerprint density at radius 3 is 1.46 bits per heavy atom. The molecule has 5 fully saturated rings. The molecule has 1 aliphatic heterocycles. The van der Waals surface area contributed by atoms with E-state index in [1.54, 1.807) is 0 Å². The van der Waals surface area contributed by atoms with Gasteiger partial charge < -0.3 is 23.1 Å². The average molecular weight is 701 g/mol. The summed E-state index contributed by atoms with van der Waals surface area (Å²) in [6, 6.07) is 10.6. The van der Waals surface area contributed by atoms with Crippen molar-refractivity contribution in [2.75, 3.05) is 0 Å². The van der Waals surface area contributed by atoms with Gasteiger partial charge in [0.25, 0.3) is 0 Å². The Labute approximate surface area is 297 Å². The van der Waals surface area contributed by atoms with Crippen molar-refractivity contribution >= 4 is 16.6 Å². The van der Waals surface area contributed by atoms with E-state index in [2.05, 4.69) is 120 Å². The molecule has 0 unspecified atom stereocenters. The second-order valence-electron chi connectivity index (χ2n) is 18.5. The summed E-state index contributed by atoms with van der Waals surface area (Å²) >= 11 is 0. The topological polar surface area (TPSA) is 46.2 Å². The highest BCUT2D eigenvalue weighted by Crippen LogP contribution is 2.58. The van der Waals surface area contributed by atoms with Crippen molar-refractivity contribution in [2.45, 2.75) is 205 Å². The Kier molecular flexibility index (Phi) is 12.3. The first-order valence-corrected chi connectivity index (χ1v) is 24.2. The third-order valence-corrected chi connectivity index (χ3v) is 25.6. The average Bonchev–Trinajstić information content (AvgIpc) is 2.97. The molecule has 0 amide bonds. The van der Waals surface area contributed by atoms with Crippen LogP contribution in [0.2, 0.25) is 33.2 Å². The van der Waals surface area contributed by atoms with Crippen molar-refractivity contribution in [3.8, 4) is 0 Å². The molecule has 5 aliphatic rings. The number of benzene rings is 1. The molecule has 5 nitrogen and oxygen atoms in total. The summed E-state index contributed by atoms with van der Waals surface area (Å²) in [6.07, 6.45) is 6.09. The van der Waals surface area contributed by atoms with Crippen LogP contribution in [0, 0.1) is 17.8 Å². The second-order valence-corrected chi connectivity index (χ2v) is 29.3. The monoisotopic (exact) mass is 700 g/mol. The first kappa shape index (κ1) is 38.7. The maximum atomic E-state index is 7.93. The van der Waals surface area contributed by atoms with Crippen LogP contribution in [0.25, 0.3) is 0 Å². The van der Waals surface area contributed by atoms with Gasteiger partial charge in [-0.1, -0.05) is 113 Å². The van der Waals surface area contributed by atoms with Crippen molar-refractivity contribution in [3.05, 3.63) is 35.9 Å². The predicted octanol–water partition coefficient (Wildman–Crippen LogP) is 11.4. The van der Waals surface area contributed by atoms with E-state index >= 15 is 0 Å². The molecule has 4 bridgehead atoms. The van der Waals surface area contributed by atoms with Gasteiger partial charge in [0.05, 0.1) is 24.4 Å². The van der Waals surface area contributed by atoms with Crippen molar-refractivity contribution in [1.29, 1.82) is 0 Å². The summed E-state index contributed by atoms with van der Waals surface area (Å²) in [6.45, 7) is 31.4. The van der Waals surface area contributed by atoms with Gasteiger partial charge in [-0.05, 0) is 102 Å². The smallest absolute Gasteiger partial charge is 0.201 e. The lowest BCUT2D eigenvalue weighted by Crippen LogP contribution is -2.68. The Hall–Kier alpha value is -0.546. The third kappa shape index (κ3) is 7.36. The standard InChI is InChI=1S/C41H72O5Si2/c1-26(2)47(27(3)4,28(5)6)45-37-32(13)43-40(44-41-22-34-19-35(23-41)21-36(20-34)24-41)39(42-25-33-17-15-14-16-18-33)38(37)46-48(29(7)8,30(9)10)31(11)12/h14-18,26-32,34-40H,19-25H2,1-13H3/t32-,34?,35?,36?,37-,38+,39+,40-,41?/m0/s1. The van der Waals surface area contributed by atoms with Gasteiger partial charge in [-0.25, -0.2) is 0 Å². The zero-order valence-electron chi connectivity index (χ0n) is 33.0. The van der Waals surface area contributed by atoms with Gasteiger partial charge >= 0.3 is 0 Å². The summed E-state index contributed by atoms with van der Waals surface area (Å²) < 4.78 is 37.4. The second kappa shape index (κ2) is 15.2. The van der Waals surface area contributed by atoms with Crippen LogP contribution >= 0.6 is 0 Å². The highest BCUT2D eigenvalue weighted by Gasteiger charge is 2.60. The van der Waals surface area contributed by atoms with Crippen LogP contribution in [-0.2, 0) is 29.7 Å². The van der Waals surface area contributed by atoms with Gasteiger partial charge in [-0.15, -0.1) is 0 Å². The van der Waals surface area contributed by atoms with E-state index < -0.39 is 22.9 Å². The summed E-state index contributed by atoms with van der Waals surface area (Å²) in [5.41, 5.74) is 3.74. The molecule has 0 spiro atoms. The summed E-state index contributed by atoms with van der Waals surface area (Å²) in [7, 11) is -4.66. The molecule has 0 aromatic heterocycles. The maximum absolute atomic E-state index is 7.93. The van der Waals surface area contributed by atoms with Gasteiger partial charge in [-0.2, -0.15) is 0 Å². The van der Waals surface area contributed by atoms with Crippen molar-refractivity contribution in [3.63, 3.8) is 0 Å². The van der Waals surface area contributed by atoms with Gasteiger partial charge in [0, 0.05) is 0 Å². The highest BCUT2D eigenvalue weighted by molar-refractivity contribution is 6.78. The minimum atomic E-state index is -2.36. The summed E-state index contributed by atoms with van der Waals surface area (Å²) in [4.78, 5) is 0. The van der Waals surface area contributed by atoms with E-state index in [9.17, 15) is 0 Å². The molecule has 48 heavy (non-hydrogen) atoms. The zero-order valence-corrected chi connectivity index (χ0v) is 35.0. The molecule has 7 heteroatoms. The van der Waals surface area contributed by atoms with Crippen LogP contribution in [0.4, 0.5) is 0 Å². The molecule has 0 N–H and O–H groups in total. The molecule has 4 aliphatic carbocycles. The fraction of sp³-hybridized carbons (Fsp3) is 0.854. The SMILES string of the molecule is CC(C)[Si](O[C@@H]1[C@@H](O[Si](C(C)C)(C(C)C)C(C)C)[C@H](C)O[C@@H](OC23CC4CC(CC(C4)C2)C3)[C@@H]1OCc1ccccc1)(C(C)C)C(C)C. The zero-order chi connectivity index (χ0) is 35.2. The molecular formula is C41H72O5Si2. The van der Waals surface area contributed by atoms with Gasteiger partial charge in [0.15, 0.2) is 6.29 Å². The van der Waals surface area contributed by atoms with E-state index in [4.69, 9.17) is 23.1 Å². The van der Waals surface area contributed by atoms with Crippen LogP contribution in [-0.4, -0.2) is 52.9 Å². The van der Waals surface area contributed by atoms with Crippen LogP contribution in [0.5, 0.6) is 0 Å². The van der Waals surface area contributed by atoms with E-state index in [0.29, 0.717) is 39.9 Å². The summed E-state index contributed by atoms with van der Waals surface area (Å²) in [5, 5.41) is 0. The van der Waals surface area contributed by atoms with E-state index in [1.165, 1.54) is 19.3 Å².